The molecule has 2 N–H and O–H groups in total. The van der Waals surface area contributed by atoms with Gasteiger partial charge in [-0.2, -0.15) is 0 Å². The van der Waals surface area contributed by atoms with Crippen LogP contribution in [-0.2, 0) is 6.42 Å². The van der Waals surface area contributed by atoms with E-state index in [-0.39, 0.29) is 11.8 Å². The number of aryl methyl sites for hydroxylation is 1. The largest absolute Gasteiger partial charge is 0.456 e. The Kier molecular flexibility index (Phi) is 8.74. The number of allylic oxidation sites excluding steroid dienone is 9. The first kappa shape index (κ1) is 46.1. The third-order valence-electron chi connectivity index (χ3n) is 19.9. The minimum absolute atomic E-state index is 0.267. The lowest BCUT2D eigenvalue weighted by Crippen LogP contribution is -2.14. The smallest absolute Gasteiger partial charge is 0.235 e. The van der Waals surface area contributed by atoms with E-state index in [2.05, 4.69) is 227 Å². The topological polar surface area (TPSA) is 93.9 Å². The molecular weight excluding hydrogens is 1060 g/mol. The van der Waals surface area contributed by atoms with Crippen LogP contribution in [0, 0.1) is 11.3 Å². The zero-order valence-electron chi connectivity index (χ0n) is 46.6. The molecule has 2 atom stereocenters. The summed E-state index contributed by atoms with van der Waals surface area (Å²) in [5.41, 5.74) is 28.2. The minimum Gasteiger partial charge on any atom is -0.456 e. The molecule has 8 aliphatic rings. The van der Waals surface area contributed by atoms with Gasteiger partial charge in [0.2, 0.25) is 5.95 Å². The van der Waals surface area contributed by atoms with Crippen molar-refractivity contribution in [3.8, 4) is 73.4 Å². The zero-order valence-corrected chi connectivity index (χ0v) is 46.6. The lowest BCUT2D eigenvalue weighted by molar-refractivity contribution is 0.484. The summed E-state index contributed by atoms with van der Waals surface area (Å²) in [7, 11) is 0. The number of rotatable bonds is 4. The number of anilines is 1. The van der Waals surface area contributed by atoms with Crippen LogP contribution in [0.3, 0.4) is 0 Å². The predicted molar refractivity (Wildman–Crippen MR) is 353 cm³/mol. The van der Waals surface area contributed by atoms with Crippen molar-refractivity contribution in [1.29, 1.82) is 5.41 Å². The van der Waals surface area contributed by atoms with Gasteiger partial charge in [0, 0.05) is 44.5 Å². The third-order valence-corrected chi connectivity index (χ3v) is 19.9. The van der Waals surface area contributed by atoms with E-state index in [0.717, 1.165) is 124 Å². The maximum absolute atomic E-state index is 9.34. The van der Waals surface area contributed by atoms with Crippen molar-refractivity contribution in [2.45, 2.75) is 18.8 Å². The second-order valence-corrected chi connectivity index (χ2v) is 24.2. The number of hydrogen-bond donors (Lipinski definition) is 2. The number of benzene rings is 11. The van der Waals surface area contributed by atoms with Crippen molar-refractivity contribution in [2.24, 2.45) is 5.92 Å². The summed E-state index contributed by atoms with van der Waals surface area (Å²) in [6, 6.07) is 65.7. The molecule has 6 aliphatic carbocycles. The van der Waals surface area contributed by atoms with Gasteiger partial charge in [0.25, 0.3) is 0 Å². The molecule has 0 spiro atoms. The first-order valence-corrected chi connectivity index (χ1v) is 30.1. The molecule has 0 fully saturated rings. The molecule has 3 aromatic heterocycles. The fraction of sp³-hybridized carbons (Fsp3) is 0.0506. The van der Waals surface area contributed by atoms with E-state index in [1.54, 1.807) is 0 Å². The van der Waals surface area contributed by atoms with Gasteiger partial charge in [-0.3, -0.25) is 14.7 Å². The summed E-state index contributed by atoms with van der Waals surface area (Å²) in [5, 5.41) is 21.0. The van der Waals surface area contributed by atoms with Crippen molar-refractivity contribution in [1.82, 2.24) is 19.2 Å². The second-order valence-electron chi connectivity index (χ2n) is 24.2. The Hall–Kier alpha value is -11.4. The van der Waals surface area contributed by atoms with Crippen LogP contribution in [0.4, 0.5) is 5.69 Å². The van der Waals surface area contributed by atoms with E-state index in [1.807, 2.05) is 18.2 Å². The van der Waals surface area contributed by atoms with Crippen LogP contribution in [0.5, 0.6) is 11.5 Å². The highest BCUT2D eigenvalue weighted by Gasteiger charge is 2.41. The van der Waals surface area contributed by atoms with Crippen LogP contribution >= 0.6 is 0 Å². The molecule has 8 heteroatoms. The summed E-state index contributed by atoms with van der Waals surface area (Å²) >= 11 is 0. The number of fused-ring (bicyclic) bond motifs is 22. The van der Waals surface area contributed by atoms with E-state index >= 15 is 0 Å². The zero-order chi connectivity index (χ0) is 56.5. The van der Waals surface area contributed by atoms with E-state index in [4.69, 9.17) is 19.1 Å². The average Bonchev–Trinajstić information content (AvgIpc) is 1.63. The van der Waals surface area contributed by atoms with Gasteiger partial charge in [-0.05, 0) is 162 Å². The molecule has 2 unspecified atom stereocenters. The van der Waals surface area contributed by atoms with E-state index < -0.39 is 0 Å². The lowest BCUT2D eigenvalue weighted by Gasteiger charge is -2.25. The molecule has 404 valence electrons. The van der Waals surface area contributed by atoms with E-state index in [1.165, 1.54) is 77.0 Å². The van der Waals surface area contributed by atoms with Crippen LogP contribution in [0.2, 0.25) is 0 Å². The molecule has 0 saturated carbocycles. The van der Waals surface area contributed by atoms with Crippen LogP contribution in [-0.4, -0.2) is 19.2 Å². The highest BCUT2D eigenvalue weighted by molar-refractivity contribution is 6.30. The third kappa shape index (κ3) is 5.98. The first-order valence-electron chi connectivity index (χ1n) is 30.1. The van der Waals surface area contributed by atoms with Gasteiger partial charge < -0.3 is 14.6 Å². The number of nitrogens with one attached hydrogen (secondary N) is 2. The van der Waals surface area contributed by atoms with Crippen molar-refractivity contribution in [3.63, 3.8) is 0 Å². The molecule has 0 bridgehead atoms. The van der Waals surface area contributed by atoms with Gasteiger partial charge in [-0.15, -0.1) is 0 Å². The normalized spacial score (nSPS) is 16.3. The Labute approximate surface area is 496 Å². The van der Waals surface area contributed by atoms with Crippen LogP contribution < -0.4 is 15.5 Å². The molecule has 8 nitrogen and oxygen atoms in total. The average molecular weight is 1110 g/mol. The Morgan fingerprint density at radius 2 is 1.43 bits per heavy atom. The number of nitrogens with zero attached hydrogens (tertiary/aromatic N) is 4. The molecular formula is C79H46N6O2. The Morgan fingerprint density at radius 3 is 2.40 bits per heavy atom. The molecule has 13 aromatic rings. The molecule has 5 heterocycles. The van der Waals surface area contributed by atoms with Crippen molar-refractivity contribution < 1.29 is 9.15 Å². The highest BCUT2D eigenvalue weighted by Crippen LogP contribution is 2.58. The Balaban J connectivity index is 0.770. The van der Waals surface area contributed by atoms with Gasteiger partial charge in [-0.1, -0.05) is 164 Å². The van der Waals surface area contributed by atoms with Gasteiger partial charge in [0.1, 0.15) is 22.8 Å². The molecule has 2 aliphatic heterocycles. The fourth-order valence-corrected chi connectivity index (χ4v) is 16.3. The van der Waals surface area contributed by atoms with Crippen molar-refractivity contribution in [2.75, 3.05) is 5.43 Å². The maximum atomic E-state index is 9.34. The summed E-state index contributed by atoms with van der Waals surface area (Å²) in [6.45, 7) is 0. The fourth-order valence-electron chi connectivity index (χ4n) is 16.3. The predicted octanol–water partition coefficient (Wildman–Crippen LogP) is 19.6. The molecule has 0 amide bonds. The standard InChI is InChI=1S/C79H46N6O2/c80-59-23-10-26-65-74(59)77(73-46-16-3-1-12-41(46)31-37-67(73)86-65)83-85-61-25-6-5-18-52(61)70-55-22-9-20-50-57-38-44(29-32-48(57)58(69(50)55)40-64(70)85)45-30-33-53-63(39-45)84(62-36-35-51-49-19-7-14-43-15-8-21-54(68(43)49)71(51)72(53)62)79-81-60-24-11-27-66-75(60)76(82-79)56-34-28-42-13-2-4-17-47(42)78(56)87-66/h1,3-12,14-40,49,68,80,83H,2,13H2. The molecule has 0 saturated heterocycles. The molecule has 0 radical (unpaired) electrons. The summed E-state index contributed by atoms with van der Waals surface area (Å²) in [6.07, 6.45) is 20.3. The van der Waals surface area contributed by atoms with Crippen LogP contribution in [0.15, 0.2) is 235 Å². The number of aromatic nitrogens is 4. The summed E-state index contributed by atoms with van der Waals surface area (Å²) in [5.74, 6) is 3.49. The first-order chi connectivity index (χ1) is 43.1. The SMILES string of the molecule is N=c1cccc2oc3ccc4ccccc4c3c(Nn3c4ccccc4c4c5cccc6c5c(cc43)-c3ccc(-c4ccc5c7c8c(ccc7n(-c7nc9c%10c(cccc%10n7)Oc7c-9ccc9c7C=CCC9)c5c4)C4C=CC=C5C=CC=C8C54)cc3-6)c1-2. The highest BCUT2D eigenvalue weighted by atomic mass is 16.5. The van der Waals surface area contributed by atoms with Crippen molar-refractivity contribution in [3.05, 3.63) is 258 Å². The van der Waals surface area contributed by atoms with Crippen LogP contribution in [0.25, 0.3) is 161 Å². The minimum atomic E-state index is 0.267. The molecule has 21 rings (SSSR count). The number of ether oxygens (including phenoxy) is 1. The van der Waals surface area contributed by atoms with E-state index in [0.29, 0.717) is 17.1 Å². The van der Waals surface area contributed by atoms with E-state index in [9.17, 15) is 5.41 Å². The Morgan fingerprint density at radius 1 is 0.563 bits per heavy atom. The van der Waals surface area contributed by atoms with Gasteiger partial charge in [0.05, 0.1) is 60.7 Å². The molecule has 87 heavy (non-hydrogen) atoms. The monoisotopic (exact) mass is 1110 g/mol. The number of para-hydroxylation sites is 1. The number of hydrogen-bond acceptors (Lipinski definition) is 6. The summed E-state index contributed by atoms with van der Waals surface area (Å²) < 4.78 is 18.0. The quantitative estimate of drug-likeness (QED) is 0.135. The van der Waals surface area contributed by atoms with Crippen LogP contribution in [0.1, 0.15) is 34.6 Å². The second kappa shape index (κ2) is 16.5. The maximum Gasteiger partial charge on any atom is 0.235 e. The molecule has 10 aromatic carbocycles. The van der Waals surface area contributed by atoms with Gasteiger partial charge >= 0.3 is 0 Å². The van der Waals surface area contributed by atoms with Crippen molar-refractivity contribution >= 4 is 104 Å². The Bertz CT molecular complexity index is 6000. The van der Waals surface area contributed by atoms with Gasteiger partial charge in [-0.25, -0.2) is 9.97 Å². The van der Waals surface area contributed by atoms with Gasteiger partial charge in [0.15, 0.2) is 0 Å². The lowest BCUT2D eigenvalue weighted by atomic mass is 9.79. The summed E-state index contributed by atoms with van der Waals surface area (Å²) in [4.78, 5) is 11.2.